The zero-order chi connectivity index (χ0) is 23.7. The van der Waals surface area contributed by atoms with E-state index in [0.717, 1.165) is 37.7 Å². The van der Waals surface area contributed by atoms with Gasteiger partial charge in [0.05, 0.1) is 32.0 Å². The fourth-order valence-corrected chi connectivity index (χ4v) is 4.30. The van der Waals surface area contributed by atoms with E-state index in [1.807, 2.05) is 24.3 Å². The lowest BCUT2D eigenvalue weighted by molar-refractivity contribution is -0.00139. The SMILES string of the molecule is CC1(OCC2CO2)C=CC(C(c2ccc(OCC3CO3)cc2)c2ccc(OCC3CO3)cc2)=CC1. The second-order valence-corrected chi connectivity index (χ2v) is 9.92. The molecule has 3 saturated heterocycles. The molecule has 0 aromatic heterocycles. The summed E-state index contributed by atoms with van der Waals surface area (Å²) in [5.41, 5.74) is 3.39. The lowest BCUT2D eigenvalue weighted by Crippen LogP contribution is -2.29. The largest absolute Gasteiger partial charge is 0.491 e. The third-order valence-corrected chi connectivity index (χ3v) is 6.81. The van der Waals surface area contributed by atoms with Crippen LogP contribution in [0, 0.1) is 0 Å². The number of epoxide rings is 3. The summed E-state index contributed by atoms with van der Waals surface area (Å²) in [4.78, 5) is 0. The quantitative estimate of drug-likeness (QED) is 0.422. The highest BCUT2D eigenvalue weighted by atomic mass is 16.6. The van der Waals surface area contributed by atoms with E-state index in [1.54, 1.807) is 0 Å². The molecule has 6 nitrogen and oxygen atoms in total. The van der Waals surface area contributed by atoms with Crippen molar-refractivity contribution in [1.82, 2.24) is 0 Å². The van der Waals surface area contributed by atoms with Crippen molar-refractivity contribution in [2.45, 2.75) is 43.2 Å². The Balaban J connectivity index is 1.20. The lowest BCUT2D eigenvalue weighted by Gasteiger charge is -2.30. The van der Waals surface area contributed by atoms with Gasteiger partial charge in [-0.15, -0.1) is 0 Å². The highest BCUT2D eigenvalue weighted by molar-refractivity contribution is 5.48. The molecule has 0 spiro atoms. The van der Waals surface area contributed by atoms with Crippen LogP contribution in [0.25, 0.3) is 0 Å². The predicted octanol–water partition coefficient (Wildman–Crippen LogP) is 4.43. The molecule has 3 fully saturated rings. The van der Waals surface area contributed by atoms with E-state index in [1.165, 1.54) is 16.7 Å². The third kappa shape index (κ3) is 6.14. The number of hydrogen-bond acceptors (Lipinski definition) is 6. The Morgan fingerprint density at radius 2 is 1.26 bits per heavy atom. The monoisotopic (exact) mass is 476 g/mol. The van der Waals surface area contributed by atoms with Crippen molar-refractivity contribution in [2.24, 2.45) is 0 Å². The number of benzene rings is 2. The molecular formula is C29H32O6. The second-order valence-electron chi connectivity index (χ2n) is 9.92. The summed E-state index contributed by atoms with van der Waals surface area (Å²) in [6.07, 6.45) is 8.29. The normalized spacial score (nSPS) is 29.3. The molecule has 4 atom stereocenters. The van der Waals surface area contributed by atoms with Crippen LogP contribution in [0.2, 0.25) is 0 Å². The molecule has 0 bridgehead atoms. The Morgan fingerprint density at radius 3 is 1.69 bits per heavy atom. The van der Waals surface area contributed by atoms with Crippen molar-refractivity contribution in [3.63, 3.8) is 0 Å². The van der Waals surface area contributed by atoms with Crippen LogP contribution >= 0.6 is 0 Å². The second kappa shape index (κ2) is 9.78. The highest BCUT2D eigenvalue weighted by Gasteiger charge is 2.31. The molecule has 4 aliphatic rings. The van der Waals surface area contributed by atoms with Gasteiger partial charge in [-0.05, 0) is 54.3 Å². The molecule has 0 N–H and O–H groups in total. The average Bonchev–Trinajstić information content (AvgIpc) is 3.74. The molecule has 2 aromatic rings. The van der Waals surface area contributed by atoms with E-state index >= 15 is 0 Å². The van der Waals surface area contributed by atoms with Crippen LogP contribution in [0.15, 0.2) is 72.3 Å². The van der Waals surface area contributed by atoms with E-state index in [4.69, 9.17) is 28.4 Å². The van der Waals surface area contributed by atoms with Crippen LogP contribution in [0.5, 0.6) is 11.5 Å². The summed E-state index contributed by atoms with van der Waals surface area (Å²) in [7, 11) is 0. The van der Waals surface area contributed by atoms with Gasteiger partial charge in [-0.3, -0.25) is 0 Å². The number of hydrogen-bond donors (Lipinski definition) is 0. The van der Waals surface area contributed by atoms with Gasteiger partial charge in [0.1, 0.15) is 43.0 Å². The summed E-state index contributed by atoms with van der Waals surface area (Å²) < 4.78 is 33.7. The molecule has 0 saturated carbocycles. The first-order valence-electron chi connectivity index (χ1n) is 12.5. The first-order valence-corrected chi connectivity index (χ1v) is 12.5. The standard InChI is InChI=1S/C29H32O6/c1-29(35-19-27-18-34-27)12-10-22(11-13-29)28(20-2-6-23(7-3-20)30-14-25-16-32-25)21-4-8-24(9-5-21)31-15-26-17-33-26/h2-12,25-28H,13-19H2,1H3. The van der Waals surface area contributed by atoms with E-state index in [-0.39, 0.29) is 29.8 Å². The Hall–Kier alpha value is -2.64. The van der Waals surface area contributed by atoms with Crippen molar-refractivity contribution in [2.75, 3.05) is 39.6 Å². The molecule has 0 amide bonds. The number of allylic oxidation sites excluding steroid dienone is 2. The highest BCUT2D eigenvalue weighted by Crippen LogP contribution is 2.38. The molecular weight excluding hydrogens is 444 g/mol. The maximum Gasteiger partial charge on any atom is 0.119 e. The topological polar surface area (TPSA) is 65.3 Å². The van der Waals surface area contributed by atoms with Crippen LogP contribution in [-0.2, 0) is 18.9 Å². The van der Waals surface area contributed by atoms with E-state index in [2.05, 4.69) is 49.4 Å². The van der Waals surface area contributed by atoms with Crippen molar-refractivity contribution < 1.29 is 28.4 Å². The van der Waals surface area contributed by atoms with Gasteiger partial charge in [0.2, 0.25) is 0 Å². The molecule has 35 heavy (non-hydrogen) atoms. The van der Waals surface area contributed by atoms with Gasteiger partial charge in [0.25, 0.3) is 0 Å². The first-order chi connectivity index (χ1) is 17.1. The summed E-state index contributed by atoms with van der Waals surface area (Å²) in [5, 5.41) is 0. The maximum absolute atomic E-state index is 6.16. The minimum absolute atomic E-state index is 0.101. The van der Waals surface area contributed by atoms with Crippen molar-refractivity contribution in [1.29, 1.82) is 0 Å². The van der Waals surface area contributed by atoms with Crippen LogP contribution in [0.3, 0.4) is 0 Å². The van der Waals surface area contributed by atoms with Gasteiger partial charge in [0, 0.05) is 5.92 Å². The van der Waals surface area contributed by atoms with E-state index < -0.39 is 0 Å². The fraction of sp³-hybridized carbons (Fsp3) is 0.448. The minimum atomic E-state index is -0.300. The van der Waals surface area contributed by atoms with Crippen molar-refractivity contribution in [3.05, 3.63) is 83.5 Å². The number of ether oxygens (including phenoxy) is 6. The van der Waals surface area contributed by atoms with Crippen LogP contribution in [0.1, 0.15) is 30.4 Å². The Morgan fingerprint density at radius 1 is 0.771 bits per heavy atom. The van der Waals surface area contributed by atoms with Crippen molar-refractivity contribution >= 4 is 0 Å². The third-order valence-electron chi connectivity index (χ3n) is 6.81. The van der Waals surface area contributed by atoms with Gasteiger partial charge < -0.3 is 28.4 Å². The Kier molecular flexibility index (Phi) is 6.37. The zero-order valence-corrected chi connectivity index (χ0v) is 20.1. The van der Waals surface area contributed by atoms with Crippen LogP contribution in [0.4, 0.5) is 0 Å². The van der Waals surface area contributed by atoms with E-state index in [0.29, 0.717) is 19.8 Å². The zero-order valence-electron chi connectivity index (χ0n) is 20.1. The summed E-state index contributed by atoms with van der Waals surface area (Å²) in [6, 6.07) is 16.8. The smallest absolute Gasteiger partial charge is 0.119 e. The van der Waals surface area contributed by atoms with E-state index in [9.17, 15) is 0 Å². The molecule has 184 valence electrons. The molecule has 3 aliphatic heterocycles. The first kappa shape index (κ1) is 22.8. The Labute approximate surface area is 206 Å². The summed E-state index contributed by atoms with van der Waals surface area (Å²) in [5.74, 6) is 1.83. The van der Waals surface area contributed by atoms with Gasteiger partial charge in [-0.1, -0.05) is 42.5 Å². The van der Waals surface area contributed by atoms with Crippen LogP contribution < -0.4 is 9.47 Å². The molecule has 2 aromatic carbocycles. The minimum Gasteiger partial charge on any atom is -0.491 e. The fourth-order valence-electron chi connectivity index (χ4n) is 4.30. The summed E-state index contributed by atoms with van der Waals surface area (Å²) >= 11 is 0. The number of rotatable bonds is 12. The van der Waals surface area contributed by atoms with Gasteiger partial charge in [0.15, 0.2) is 0 Å². The molecule has 6 rings (SSSR count). The van der Waals surface area contributed by atoms with Gasteiger partial charge >= 0.3 is 0 Å². The van der Waals surface area contributed by atoms with Crippen molar-refractivity contribution in [3.8, 4) is 11.5 Å². The molecule has 3 heterocycles. The van der Waals surface area contributed by atoms with Gasteiger partial charge in [-0.2, -0.15) is 0 Å². The average molecular weight is 477 g/mol. The van der Waals surface area contributed by atoms with Crippen LogP contribution in [-0.4, -0.2) is 63.6 Å². The molecule has 6 heteroatoms. The molecule has 0 radical (unpaired) electrons. The maximum atomic E-state index is 6.16. The lowest BCUT2D eigenvalue weighted by atomic mass is 9.80. The molecule has 1 aliphatic carbocycles. The molecule has 4 unspecified atom stereocenters. The Bertz CT molecular complexity index is 1000. The predicted molar refractivity (Wildman–Crippen MR) is 131 cm³/mol. The summed E-state index contributed by atoms with van der Waals surface area (Å²) in [6.45, 7) is 6.40. The van der Waals surface area contributed by atoms with Gasteiger partial charge in [-0.25, -0.2) is 0 Å².